The monoisotopic (exact) mass is 359 g/mol. The van der Waals surface area contributed by atoms with Crippen molar-refractivity contribution in [2.75, 3.05) is 5.32 Å². The summed E-state index contributed by atoms with van der Waals surface area (Å²) < 4.78 is 14.1. The lowest BCUT2D eigenvalue weighted by Gasteiger charge is -2.09. The number of halogens is 3. The van der Waals surface area contributed by atoms with Gasteiger partial charge in [0, 0.05) is 4.90 Å². The fraction of sp³-hybridized carbons (Fsp3) is 0. The van der Waals surface area contributed by atoms with E-state index in [4.69, 9.17) is 11.6 Å². The molecule has 2 rings (SSSR count). The van der Waals surface area contributed by atoms with Crippen LogP contribution >= 0.6 is 40.2 Å². The maximum Gasteiger partial charge on any atom is 0.258 e. The van der Waals surface area contributed by atoms with Gasteiger partial charge in [-0.25, -0.2) is 4.39 Å². The standard InChI is InChI=1S/C13H8BrClFNOS/c14-12-9(15)2-1-3-11(12)17-13(18)8-6-7(19)4-5-10(8)16/h1-6,19H,(H,17,18). The van der Waals surface area contributed by atoms with Crippen LogP contribution in [0.1, 0.15) is 10.4 Å². The molecule has 0 fully saturated rings. The van der Waals surface area contributed by atoms with Crippen molar-refractivity contribution in [1.82, 2.24) is 0 Å². The van der Waals surface area contributed by atoms with Crippen LogP contribution in [-0.2, 0) is 0 Å². The van der Waals surface area contributed by atoms with Gasteiger partial charge in [0.1, 0.15) is 5.82 Å². The molecule has 0 atom stereocenters. The van der Waals surface area contributed by atoms with E-state index in [2.05, 4.69) is 33.9 Å². The Labute approximate surface area is 128 Å². The summed E-state index contributed by atoms with van der Waals surface area (Å²) in [7, 11) is 0. The predicted octanol–water partition coefficient (Wildman–Crippen LogP) is 4.78. The molecule has 2 aromatic rings. The molecule has 0 saturated carbocycles. The molecule has 98 valence electrons. The van der Waals surface area contributed by atoms with E-state index >= 15 is 0 Å². The van der Waals surface area contributed by atoms with Gasteiger partial charge in [-0.3, -0.25) is 4.79 Å². The molecular formula is C13H8BrClFNOS. The normalized spacial score (nSPS) is 10.3. The number of carbonyl (C=O) groups is 1. The molecule has 6 heteroatoms. The highest BCUT2D eigenvalue weighted by atomic mass is 79.9. The van der Waals surface area contributed by atoms with E-state index < -0.39 is 11.7 Å². The first kappa shape index (κ1) is 14.4. The zero-order valence-electron chi connectivity index (χ0n) is 9.45. The molecular weight excluding hydrogens is 353 g/mol. The Bertz CT molecular complexity index is 651. The maximum absolute atomic E-state index is 13.6. The van der Waals surface area contributed by atoms with E-state index in [0.717, 1.165) is 0 Å². The highest BCUT2D eigenvalue weighted by molar-refractivity contribution is 9.10. The number of anilines is 1. The number of nitrogens with one attached hydrogen (secondary N) is 1. The third-order valence-corrected chi connectivity index (χ3v) is 4.07. The van der Waals surface area contributed by atoms with Crippen LogP contribution in [0.2, 0.25) is 5.02 Å². The zero-order valence-corrected chi connectivity index (χ0v) is 12.7. The molecule has 1 N–H and O–H groups in total. The van der Waals surface area contributed by atoms with Crippen LogP contribution in [0, 0.1) is 5.82 Å². The SMILES string of the molecule is O=C(Nc1cccc(Cl)c1Br)c1cc(S)ccc1F. The number of carbonyl (C=O) groups excluding carboxylic acids is 1. The number of thiol groups is 1. The average Bonchev–Trinajstić information content (AvgIpc) is 2.38. The van der Waals surface area contributed by atoms with Crippen LogP contribution in [0.5, 0.6) is 0 Å². The van der Waals surface area contributed by atoms with Crippen LogP contribution in [0.25, 0.3) is 0 Å². The second-order valence-electron chi connectivity index (χ2n) is 3.72. The highest BCUT2D eigenvalue weighted by Crippen LogP contribution is 2.30. The van der Waals surface area contributed by atoms with Crippen LogP contribution in [0.4, 0.5) is 10.1 Å². The van der Waals surface area contributed by atoms with Crippen LogP contribution in [0.3, 0.4) is 0 Å². The van der Waals surface area contributed by atoms with Crippen molar-refractivity contribution >= 4 is 51.8 Å². The molecule has 2 aromatic carbocycles. The van der Waals surface area contributed by atoms with Crippen LogP contribution in [0.15, 0.2) is 45.8 Å². The van der Waals surface area contributed by atoms with Gasteiger partial charge in [0.15, 0.2) is 0 Å². The number of hydrogen-bond acceptors (Lipinski definition) is 2. The first-order valence-electron chi connectivity index (χ1n) is 5.23. The fourth-order valence-corrected chi connectivity index (χ4v) is 2.22. The number of amides is 1. The Morgan fingerprint density at radius 1 is 1.32 bits per heavy atom. The van der Waals surface area contributed by atoms with Gasteiger partial charge in [0.2, 0.25) is 0 Å². The lowest BCUT2D eigenvalue weighted by molar-refractivity contribution is 0.102. The molecule has 0 heterocycles. The van der Waals surface area contributed by atoms with E-state index in [1.54, 1.807) is 18.2 Å². The molecule has 0 aliphatic carbocycles. The summed E-state index contributed by atoms with van der Waals surface area (Å²) in [5.41, 5.74) is 0.404. The molecule has 2 nitrogen and oxygen atoms in total. The van der Waals surface area contributed by atoms with Crippen molar-refractivity contribution in [3.63, 3.8) is 0 Å². The van der Waals surface area contributed by atoms with Crippen molar-refractivity contribution in [1.29, 1.82) is 0 Å². The predicted molar refractivity (Wildman–Crippen MR) is 80.8 cm³/mol. The molecule has 0 unspecified atom stereocenters. The van der Waals surface area contributed by atoms with E-state index in [0.29, 0.717) is 20.1 Å². The summed E-state index contributed by atoms with van der Waals surface area (Å²) in [4.78, 5) is 12.5. The summed E-state index contributed by atoms with van der Waals surface area (Å²) in [6.07, 6.45) is 0. The highest BCUT2D eigenvalue weighted by Gasteiger charge is 2.14. The molecule has 1 amide bonds. The van der Waals surface area contributed by atoms with Crippen molar-refractivity contribution in [2.45, 2.75) is 4.90 Å². The summed E-state index contributed by atoms with van der Waals surface area (Å²) >= 11 is 13.3. The van der Waals surface area contributed by atoms with E-state index in [1.165, 1.54) is 18.2 Å². The Balaban J connectivity index is 2.31. The molecule has 0 bridgehead atoms. The van der Waals surface area contributed by atoms with Gasteiger partial charge < -0.3 is 5.32 Å². The Morgan fingerprint density at radius 3 is 2.79 bits per heavy atom. The van der Waals surface area contributed by atoms with Crippen molar-refractivity contribution < 1.29 is 9.18 Å². The smallest absolute Gasteiger partial charge is 0.258 e. The summed E-state index contributed by atoms with van der Waals surface area (Å²) in [5.74, 6) is -1.16. The van der Waals surface area contributed by atoms with Crippen molar-refractivity contribution in [3.05, 3.63) is 57.3 Å². The summed E-state index contributed by atoms with van der Waals surface area (Å²) in [6.45, 7) is 0. The van der Waals surface area contributed by atoms with Gasteiger partial charge in [-0.1, -0.05) is 17.7 Å². The van der Waals surface area contributed by atoms with Gasteiger partial charge in [0.25, 0.3) is 5.91 Å². The minimum Gasteiger partial charge on any atom is -0.321 e. The summed E-state index contributed by atoms with van der Waals surface area (Å²) in [5, 5.41) is 3.05. The molecule has 0 aliphatic heterocycles. The maximum atomic E-state index is 13.6. The Hall–Kier alpha value is -1.04. The largest absolute Gasteiger partial charge is 0.321 e. The topological polar surface area (TPSA) is 29.1 Å². The van der Waals surface area contributed by atoms with Crippen molar-refractivity contribution in [3.8, 4) is 0 Å². The Kier molecular flexibility index (Phi) is 4.50. The van der Waals surface area contributed by atoms with E-state index in [9.17, 15) is 9.18 Å². The minimum absolute atomic E-state index is 0.0700. The number of rotatable bonds is 2. The second-order valence-corrected chi connectivity index (χ2v) is 5.44. The van der Waals surface area contributed by atoms with Crippen LogP contribution in [-0.4, -0.2) is 5.91 Å². The molecule has 0 saturated heterocycles. The minimum atomic E-state index is -0.603. The van der Waals surface area contributed by atoms with E-state index in [1.807, 2.05) is 0 Å². The molecule has 0 spiro atoms. The molecule has 0 radical (unpaired) electrons. The lowest BCUT2D eigenvalue weighted by Crippen LogP contribution is -2.14. The molecule has 0 aliphatic rings. The van der Waals surface area contributed by atoms with Crippen LogP contribution < -0.4 is 5.32 Å². The second kappa shape index (κ2) is 5.94. The van der Waals surface area contributed by atoms with Gasteiger partial charge in [-0.05, 0) is 46.3 Å². The van der Waals surface area contributed by atoms with Gasteiger partial charge in [-0.15, -0.1) is 12.6 Å². The van der Waals surface area contributed by atoms with Crippen molar-refractivity contribution in [2.24, 2.45) is 0 Å². The molecule has 19 heavy (non-hydrogen) atoms. The van der Waals surface area contributed by atoms with Gasteiger partial charge >= 0.3 is 0 Å². The molecule has 0 aromatic heterocycles. The average molecular weight is 361 g/mol. The lowest BCUT2D eigenvalue weighted by atomic mass is 10.2. The first-order chi connectivity index (χ1) is 8.99. The summed E-state index contributed by atoms with van der Waals surface area (Å²) in [6, 6.07) is 9.07. The first-order valence-corrected chi connectivity index (χ1v) is 6.84. The quantitative estimate of drug-likeness (QED) is 0.741. The van der Waals surface area contributed by atoms with E-state index in [-0.39, 0.29) is 5.56 Å². The third-order valence-electron chi connectivity index (χ3n) is 2.39. The van der Waals surface area contributed by atoms with Gasteiger partial charge in [0.05, 0.1) is 20.7 Å². The Morgan fingerprint density at radius 2 is 2.05 bits per heavy atom. The van der Waals surface area contributed by atoms with Gasteiger partial charge in [-0.2, -0.15) is 0 Å². The number of benzene rings is 2. The third kappa shape index (κ3) is 3.29. The fourth-order valence-electron chi connectivity index (χ4n) is 1.48. The number of hydrogen-bond donors (Lipinski definition) is 2. The zero-order chi connectivity index (χ0) is 14.0.